The summed E-state index contributed by atoms with van der Waals surface area (Å²) in [7, 11) is 0. The zero-order valence-electron chi connectivity index (χ0n) is 19.0. The molecule has 1 aromatic heterocycles. The van der Waals surface area contributed by atoms with Gasteiger partial charge in [-0.25, -0.2) is 9.98 Å². The molecule has 1 atom stereocenters. The number of amidine groups is 1. The van der Waals surface area contributed by atoms with Crippen LogP contribution in [0.2, 0.25) is 5.02 Å². The predicted octanol–water partition coefficient (Wildman–Crippen LogP) is 3.51. The number of aromatic hydroxyl groups is 1. The lowest BCUT2D eigenvalue weighted by atomic mass is 10.0. The van der Waals surface area contributed by atoms with Crippen LogP contribution in [0.1, 0.15) is 39.4 Å². The Morgan fingerprint density at radius 3 is 2.94 bits per heavy atom. The average Bonchev–Trinajstić information content (AvgIpc) is 3.18. The normalized spacial score (nSPS) is 20.9. The fourth-order valence-corrected chi connectivity index (χ4v) is 4.21. The zero-order chi connectivity index (χ0) is 22.9. The van der Waals surface area contributed by atoms with Crippen molar-refractivity contribution in [1.82, 2.24) is 15.2 Å². The lowest BCUT2D eigenvalue weighted by Crippen LogP contribution is -2.54. The summed E-state index contributed by atoms with van der Waals surface area (Å²) in [5.41, 5.74) is 1.07. The van der Waals surface area contributed by atoms with E-state index in [0.717, 1.165) is 19.7 Å². The summed E-state index contributed by atoms with van der Waals surface area (Å²) in [4.78, 5) is 11.6. The van der Waals surface area contributed by atoms with E-state index in [0.29, 0.717) is 53.2 Å². The van der Waals surface area contributed by atoms with E-state index in [4.69, 9.17) is 30.8 Å². The zero-order valence-corrected chi connectivity index (χ0v) is 19.8. The Hall–Kier alpha value is -2.29. The minimum absolute atomic E-state index is 0.0236. The van der Waals surface area contributed by atoms with Crippen LogP contribution in [0.15, 0.2) is 23.2 Å². The molecular weight excluding hydrogens is 432 g/mol. The Morgan fingerprint density at radius 2 is 2.19 bits per heavy atom. The van der Waals surface area contributed by atoms with Crippen LogP contribution in [0.4, 0.5) is 0 Å². The molecule has 4 rings (SSSR count). The quantitative estimate of drug-likeness (QED) is 0.679. The summed E-state index contributed by atoms with van der Waals surface area (Å²) < 4.78 is 17.2. The number of hydrogen-bond donors (Lipinski definition) is 2. The number of fused-ring (bicyclic) bond motifs is 1. The molecule has 2 aromatic rings. The van der Waals surface area contributed by atoms with Crippen LogP contribution >= 0.6 is 11.6 Å². The molecule has 3 heterocycles. The molecule has 0 radical (unpaired) electrons. The Kier molecular flexibility index (Phi) is 6.65. The summed E-state index contributed by atoms with van der Waals surface area (Å²) >= 11 is 6.66. The van der Waals surface area contributed by atoms with Crippen LogP contribution in [-0.2, 0) is 9.47 Å². The second-order valence-electron chi connectivity index (χ2n) is 9.10. The summed E-state index contributed by atoms with van der Waals surface area (Å²) in [6.45, 7) is 12.3. The van der Waals surface area contributed by atoms with Crippen LogP contribution in [0, 0.1) is 0 Å². The fourth-order valence-electron chi connectivity index (χ4n) is 3.95. The number of aromatic nitrogens is 1. The van der Waals surface area contributed by atoms with E-state index in [1.54, 1.807) is 18.2 Å². The van der Waals surface area contributed by atoms with Gasteiger partial charge in [-0.1, -0.05) is 11.6 Å². The number of ether oxygens (including phenoxy) is 3. The van der Waals surface area contributed by atoms with E-state index in [-0.39, 0.29) is 23.4 Å². The lowest BCUT2D eigenvalue weighted by molar-refractivity contribution is -0.0547. The first-order valence-electron chi connectivity index (χ1n) is 11.0. The number of halogens is 1. The summed E-state index contributed by atoms with van der Waals surface area (Å²) in [6, 6.07) is 5.56. The smallest absolute Gasteiger partial charge is 0.285 e. The maximum atomic E-state index is 10.6. The number of benzene rings is 1. The van der Waals surface area contributed by atoms with Crippen molar-refractivity contribution in [2.24, 2.45) is 4.99 Å². The largest absolute Gasteiger partial charge is 0.507 e. The SMILES string of the molecule is CC(C)NC1=NC(c2cc(O)c3ccc(OCCN4CCOCC4(C)C)c(Cl)c3n2)CO1. The molecule has 32 heavy (non-hydrogen) atoms. The third-order valence-electron chi connectivity index (χ3n) is 5.72. The van der Waals surface area contributed by atoms with Crippen LogP contribution in [-0.4, -0.2) is 72.1 Å². The van der Waals surface area contributed by atoms with Crippen LogP contribution in [0.5, 0.6) is 11.5 Å². The van der Waals surface area contributed by atoms with Gasteiger partial charge in [-0.15, -0.1) is 0 Å². The van der Waals surface area contributed by atoms with Gasteiger partial charge in [0.15, 0.2) is 0 Å². The molecule has 2 N–H and O–H groups in total. The highest BCUT2D eigenvalue weighted by molar-refractivity contribution is 6.36. The molecule has 0 spiro atoms. The molecule has 0 saturated carbocycles. The van der Waals surface area contributed by atoms with E-state index in [9.17, 15) is 5.11 Å². The second kappa shape index (κ2) is 9.29. The first-order valence-corrected chi connectivity index (χ1v) is 11.4. The van der Waals surface area contributed by atoms with Crippen molar-refractivity contribution in [2.75, 3.05) is 39.5 Å². The van der Waals surface area contributed by atoms with Gasteiger partial charge in [0.05, 0.1) is 24.4 Å². The maximum absolute atomic E-state index is 10.6. The number of nitrogens with one attached hydrogen (secondary N) is 1. The molecule has 9 heteroatoms. The first kappa shape index (κ1) is 22.9. The number of aliphatic imine (C=N–C) groups is 1. The van der Waals surface area contributed by atoms with Crippen molar-refractivity contribution in [1.29, 1.82) is 0 Å². The summed E-state index contributed by atoms with van der Waals surface area (Å²) in [5, 5.41) is 14.7. The molecule has 174 valence electrons. The monoisotopic (exact) mass is 462 g/mol. The number of hydrogen-bond acceptors (Lipinski definition) is 8. The van der Waals surface area contributed by atoms with Gasteiger partial charge in [-0.3, -0.25) is 4.90 Å². The number of rotatable bonds is 6. The van der Waals surface area contributed by atoms with Crippen molar-refractivity contribution >= 4 is 28.5 Å². The molecule has 0 aliphatic carbocycles. The Bertz CT molecular complexity index is 1010. The van der Waals surface area contributed by atoms with Crippen molar-refractivity contribution in [2.45, 2.75) is 45.3 Å². The molecule has 0 amide bonds. The van der Waals surface area contributed by atoms with Crippen LogP contribution < -0.4 is 10.1 Å². The van der Waals surface area contributed by atoms with Gasteiger partial charge >= 0.3 is 0 Å². The van der Waals surface area contributed by atoms with E-state index < -0.39 is 0 Å². The van der Waals surface area contributed by atoms with Crippen molar-refractivity contribution < 1.29 is 19.3 Å². The summed E-state index contributed by atoms with van der Waals surface area (Å²) in [5.74, 6) is 0.650. The van der Waals surface area contributed by atoms with Gasteiger partial charge in [-0.05, 0) is 39.8 Å². The van der Waals surface area contributed by atoms with Crippen molar-refractivity contribution in [3.8, 4) is 11.5 Å². The van der Waals surface area contributed by atoms with Gasteiger partial charge in [0.1, 0.15) is 35.8 Å². The maximum Gasteiger partial charge on any atom is 0.285 e. The molecular formula is C23H31ClN4O4. The van der Waals surface area contributed by atoms with Gasteiger partial charge in [0.2, 0.25) is 0 Å². The average molecular weight is 463 g/mol. The van der Waals surface area contributed by atoms with Gasteiger partial charge in [0, 0.05) is 36.1 Å². The van der Waals surface area contributed by atoms with Crippen LogP contribution in [0.3, 0.4) is 0 Å². The molecule has 2 aliphatic heterocycles. The molecule has 1 unspecified atom stereocenters. The summed E-state index contributed by atoms with van der Waals surface area (Å²) in [6.07, 6.45) is 0. The van der Waals surface area contributed by atoms with Gasteiger partial charge < -0.3 is 24.6 Å². The van der Waals surface area contributed by atoms with Crippen molar-refractivity contribution in [3.63, 3.8) is 0 Å². The first-order chi connectivity index (χ1) is 15.2. The Balaban J connectivity index is 1.52. The molecule has 1 aromatic carbocycles. The fraction of sp³-hybridized carbons (Fsp3) is 0.565. The van der Waals surface area contributed by atoms with E-state index in [1.165, 1.54) is 0 Å². The van der Waals surface area contributed by atoms with E-state index in [2.05, 4.69) is 29.1 Å². The van der Waals surface area contributed by atoms with Crippen LogP contribution in [0.25, 0.3) is 10.9 Å². The van der Waals surface area contributed by atoms with Crippen molar-refractivity contribution in [3.05, 3.63) is 28.9 Å². The predicted molar refractivity (Wildman–Crippen MR) is 125 cm³/mol. The number of nitrogens with zero attached hydrogens (tertiary/aromatic N) is 3. The highest BCUT2D eigenvalue weighted by Crippen LogP contribution is 2.37. The Morgan fingerprint density at radius 1 is 1.38 bits per heavy atom. The molecule has 1 fully saturated rings. The number of pyridine rings is 1. The molecule has 2 aliphatic rings. The molecule has 0 bridgehead atoms. The van der Waals surface area contributed by atoms with Gasteiger partial charge in [0.25, 0.3) is 6.02 Å². The topological polar surface area (TPSA) is 88.4 Å². The highest BCUT2D eigenvalue weighted by atomic mass is 35.5. The Labute approximate surface area is 193 Å². The molecule has 1 saturated heterocycles. The minimum atomic E-state index is -0.309. The number of morpholine rings is 1. The standard InChI is InChI=1S/C23H31ClN4O4/c1-14(2)25-22-27-17(12-32-22)16-11-18(29)15-5-6-19(20(24)21(15)26-16)31-10-8-28-7-9-30-13-23(28,3)4/h5-6,11,14,17H,7-10,12-13H2,1-4H3,(H,25,27)(H,26,29). The van der Waals surface area contributed by atoms with Gasteiger partial charge in [-0.2, -0.15) is 0 Å². The van der Waals surface area contributed by atoms with E-state index in [1.807, 2.05) is 13.8 Å². The second-order valence-corrected chi connectivity index (χ2v) is 9.48. The van der Waals surface area contributed by atoms with E-state index >= 15 is 0 Å². The third kappa shape index (κ3) is 4.87. The highest BCUT2D eigenvalue weighted by Gasteiger charge is 2.30. The molecule has 8 nitrogen and oxygen atoms in total. The lowest BCUT2D eigenvalue weighted by Gasteiger charge is -2.41. The minimum Gasteiger partial charge on any atom is -0.507 e. The third-order valence-corrected chi connectivity index (χ3v) is 6.09.